The summed E-state index contributed by atoms with van der Waals surface area (Å²) in [4.78, 5) is 29.8. The van der Waals surface area contributed by atoms with Crippen LogP contribution >= 0.6 is 0 Å². The third kappa shape index (κ3) is 4.13. The summed E-state index contributed by atoms with van der Waals surface area (Å²) in [5.41, 5.74) is 3.30. The van der Waals surface area contributed by atoms with E-state index in [1.54, 1.807) is 11.0 Å². The molecule has 2 aromatic carbocycles. The van der Waals surface area contributed by atoms with Crippen molar-refractivity contribution < 1.29 is 14.3 Å². The van der Waals surface area contributed by atoms with Crippen molar-refractivity contribution >= 4 is 11.9 Å². The minimum absolute atomic E-state index is 0.0241. The second kappa shape index (κ2) is 9.30. The number of nitrogens with zero attached hydrogens (tertiary/aromatic N) is 2. The maximum Gasteiger partial charge on any atom is 0.322 e. The van der Waals surface area contributed by atoms with Gasteiger partial charge in [-0.3, -0.25) is 9.69 Å². The van der Waals surface area contributed by atoms with Crippen LogP contribution in [0.25, 0.3) is 0 Å². The van der Waals surface area contributed by atoms with Crippen LogP contribution in [-0.2, 0) is 11.4 Å². The largest absolute Gasteiger partial charge is 0.489 e. The SMILES string of the molecule is C=CCN1C(=O)NC(c2cccc(OCc3ccccc3)c2)C2=C1CN(C(C)CC)C2=O. The van der Waals surface area contributed by atoms with Crippen LogP contribution in [0, 0.1) is 0 Å². The summed E-state index contributed by atoms with van der Waals surface area (Å²) in [5, 5.41) is 3.03. The molecule has 0 radical (unpaired) electrons. The van der Waals surface area contributed by atoms with Crippen molar-refractivity contribution in [1.82, 2.24) is 15.1 Å². The number of urea groups is 1. The zero-order chi connectivity index (χ0) is 22.7. The van der Waals surface area contributed by atoms with Gasteiger partial charge in [-0.1, -0.05) is 55.5 Å². The summed E-state index contributed by atoms with van der Waals surface area (Å²) >= 11 is 0. The Hall–Kier alpha value is -3.54. The highest BCUT2D eigenvalue weighted by Crippen LogP contribution is 2.38. The molecule has 6 nitrogen and oxygen atoms in total. The van der Waals surface area contributed by atoms with Gasteiger partial charge in [0.1, 0.15) is 12.4 Å². The molecule has 3 amide bonds. The van der Waals surface area contributed by atoms with E-state index in [0.717, 1.165) is 23.2 Å². The Balaban J connectivity index is 1.64. The van der Waals surface area contributed by atoms with E-state index in [-0.39, 0.29) is 18.0 Å². The predicted molar refractivity (Wildman–Crippen MR) is 124 cm³/mol. The second-order valence-electron chi connectivity index (χ2n) is 8.18. The van der Waals surface area contributed by atoms with Gasteiger partial charge in [0.15, 0.2) is 0 Å². The number of amides is 3. The van der Waals surface area contributed by atoms with Crippen LogP contribution in [0.4, 0.5) is 4.79 Å². The summed E-state index contributed by atoms with van der Waals surface area (Å²) in [5.74, 6) is 0.671. The number of benzene rings is 2. The van der Waals surface area contributed by atoms with Gasteiger partial charge in [0.25, 0.3) is 5.91 Å². The Morgan fingerprint density at radius 3 is 2.69 bits per heavy atom. The average Bonchev–Trinajstić information content (AvgIpc) is 3.17. The third-order valence-electron chi connectivity index (χ3n) is 6.12. The molecule has 2 atom stereocenters. The molecule has 2 aliphatic rings. The van der Waals surface area contributed by atoms with Crippen LogP contribution in [0.1, 0.15) is 37.4 Å². The Morgan fingerprint density at radius 1 is 1.19 bits per heavy atom. The van der Waals surface area contributed by atoms with Gasteiger partial charge < -0.3 is 15.0 Å². The molecule has 0 saturated heterocycles. The fraction of sp³-hybridized carbons (Fsp3) is 0.308. The molecule has 2 aliphatic heterocycles. The van der Waals surface area contributed by atoms with E-state index >= 15 is 0 Å². The molecular formula is C26H29N3O3. The summed E-state index contributed by atoms with van der Waals surface area (Å²) in [6.07, 6.45) is 2.53. The first kappa shape index (κ1) is 21.7. The molecule has 32 heavy (non-hydrogen) atoms. The van der Waals surface area contributed by atoms with Crippen LogP contribution in [0.15, 0.2) is 78.5 Å². The molecule has 2 heterocycles. The first-order valence-electron chi connectivity index (χ1n) is 11.0. The van der Waals surface area contributed by atoms with Gasteiger partial charge in [0.2, 0.25) is 0 Å². The van der Waals surface area contributed by atoms with Crippen molar-refractivity contribution in [2.75, 3.05) is 13.1 Å². The lowest BCUT2D eigenvalue weighted by Crippen LogP contribution is -2.47. The van der Waals surface area contributed by atoms with E-state index in [1.165, 1.54) is 0 Å². The van der Waals surface area contributed by atoms with Gasteiger partial charge in [-0.25, -0.2) is 4.79 Å². The minimum atomic E-state index is -0.514. The van der Waals surface area contributed by atoms with Crippen LogP contribution in [0.2, 0.25) is 0 Å². The number of rotatable bonds is 8. The van der Waals surface area contributed by atoms with Crippen LogP contribution in [0.3, 0.4) is 0 Å². The van der Waals surface area contributed by atoms with E-state index in [4.69, 9.17) is 4.74 Å². The first-order chi connectivity index (χ1) is 15.5. The fourth-order valence-corrected chi connectivity index (χ4v) is 4.19. The van der Waals surface area contributed by atoms with E-state index in [1.807, 2.05) is 66.4 Å². The van der Waals surface area contributed by atoms with E-state index in [0.29, 0.717) is 31.0 Å². The van der Waals surface area contributed by atoms with Gasteiger partial charge in [0, 0.05) is 12.6 Å². The van der Waals surface area contributed by atoms with Crippen LogP contribution in [-0.4, -0.2) is 40.9 Å². The molecule has 0 aliphatic carbocycles. The van der Waals surface area contributed by atoms with Crippen LogP contribution in [0.5, 0.6) is 5.75 Å². The monoisotopic (exact) mass is 431 g/mol. The van der Waals surface area contributed by atoms with Gasteiger partial charge >= 0.3 is 6.03 Å². The fourth-order valence-electron chi connectivity index (χ4n) is 4.19. The number of hydrogen-bond acceptors (Lipinski definition) is 3. The molecule has 166 valence electrons. The maximum atomic E-state index is 13.4. The van der Waals surface area contributed by atoms with Crippen molar-refractivity contribution in [1.29, 1.82) is 0 Å². The molecule has 1 N–H and O–H groups in total. The Kier molecular flexibility index (Phi) is 6.30. The molecule has 0 saturated carbocycles. The first-order valence-corrected chi connectivity index (χ1v) is 11.0. The minimum Gasteiger partial charge on any atom is -0.489 e. The highest BCUT2D eigenvalue weighted by Gasteiger charge is 2.44. The number of carbonyl (C=O) groups excluding carboxylic acids is 2. The van der Waals surface area contributed by atoms with E-state index in [9.17, 15) is 9.59 Å². The molecule has 0 aromatic heterocycles. The smallest absolute Gasteiger partial charge is 0.322 e. The predicted octanol–water partition coefficient (Wildman–Crippen LogP) is 4.41. The molecule has 2 unspecified atom stereocenters. The molecular weight excluding hydrogens is 402 g/mol. The lowest BCUT2D eigenvalue weighted by atomic mass is 9.95. The number of hydrogen-bond donors (Lipinski definition) is 1. The quantitative estimate of drug-likeness (QED) is 0.630. The molecule has 6 heteroatoms. The van der Waals surface area contributed by atoms with Crippen molar-refractivity contribution in [2.45, 2.75) is 39.0 Å². The lowest BCUT2D eigenvalue weighted by Gasteiger charge is -2.33. The topological polar surface area (TPSA) is 61.9 Å². The molecule has 2 aromatic rings. The normalized spacial score (nSPS) is 19.0. The molecule has 0 spiro atoms. The highest BCUT2D eigenvalue weighted by molar-refractivity contribution is 6.01. The van der Waals surface area contributed by atoms with Crippen molar-refractivity contribution in [3.05, 3.63) is 89.6 Å². The Morgan fingerprint density at radius 2 is 1.97 bits per heavy atom. The third-order valence-corrected chi connectivity index (χ3v) is 6.12. The Labute approximate surface area is 189 Å². The van der Waals surface area contributed by atoms with Crippen molar-refractivity contribution in [3.8, 4) is 5.75 Å². The molecule has 4 rings (SSSR count). The van der Waals surface area contributed by atoms with E-state index in [2.05, 4.69) is 18.8 Å². The maximum absolute atomic E-state index is 13.4. The number of carbonyl (C=O) groups is 2. The summed E-state index contributed by atoms with van der Waals surface area (Å²) in [6, 6.07) is 16.9. The van der Waals surface area contributed by atoms with Gasteiger partial charge in [0.05, 0.1) is 23.9 Å². The zero-order valence-electron chi connectivity index (χ0n) is 18.6. The van der Waals surface area contributed by atoms with Gasteiger partial charge in [-0.15, -0.1) is 6.58 Å². The van der Waals surface area contributed by atoms with Crippen molar-refractivity contribution in [3.63, 3.8) is 0 Å². The highest BCUT2D eigenvalue weighted by atomic mass is 16.5. The lowest BCUT2D eigenvalue weighted by molar-refractivity contribution is -0.127. The zero-order valence-corrected chi connectivity index (χ0v) is 18.6. The summed E-state index contributed by atoms with van der Waals surface area (Å²) < 4.78 is 5.98. The Bertz CT molecular complexity index is 1050. The van der Waals surface area contributed by atoms with Gasteiger partial charge in [-0.2, -0.15) is 0 Å². The molecule has 0 fully saturated rings. The average molecular weight is 432 g/mol. The molecule has 0 bridgehead atoms. The summed E-state index contributed by atoms with van der Waals surface area (Å²) in [6.45, 7) is 9.11. The van der Waals surface area contributed by atoms with Gasteiger partial charge in [-0.05, 0) is 36.6 Å². The van der Waals surface area contributed by atoms with Crippen LogP contribution < -0.4 is 10.1 Å². The number of nitrogens with one attached hydrogen (secondary N) is 1. The summed E-state index contributed by atoms with van der Waals surface area (Å²) in [7, 11) is 0. The number of ether oxygens (including phenoxy) is 1. The van der Waals surface area contributed by atoms with Crippen molar-refractivity contribution in [2.24, 2.45) is 0 Å². The second-order valence-corrected chi connectivity index (χ2v) is 8.18. The standard InChI is InChI=1S/C26H29N3O3/c1-4-14-28-22-16-29(18(3)5-2)25(30)23(22)24(27-26(28)31)20-12-9-13-21(15-20)32-17-19-10-7-6-8-11-19/h4,6-13,15,18,24H,1,5,14,16-17H2,2-3H3,(H,27,31). The van der Waals surface area contributed by atoms with E-state index < -0.39 is 6.04 Å².